The average molecular weight is 239 g/mol. The zero-order chi connectivity index (χ0) is 10.7. The van der Waals surface area contributed by atoms with Gasteiger partial charge in [-0.25, -0.2) is 0 Å². The molecule has 0 spiro atoms. The van der Waals surface area contributed by atoms with Gasteiger partial charge >= 0.3 is 0 Å². The first-order valence-electron chi connectivity index (χ1n) is 4.76. The van der Waals surface area contributed by atoms with E-state index in [1.165, 1.54) is 5.56 Å². The van der Waals surface area contributed by atoms with Crippen LogP contribution >= 0.6 is 22.9 Å². The van der Waals surface area contributed by atoms with Gasteiger partial charge in [-0.3, -0.25) is 0 Å². The minimum Gasteiger partial charge on any atom is -0.143 e. The Hall–Kier alpha value is -0.930. The lowest BCUT2D eigenvalue weighted by atomic mass is 10.2. The molecule has 4 heteroatoms. The Morgan fingerprint density at radius 3 is 2.60 bits per heavy atom. The van der Waals surface area contributed by atoms with Crippen LogP contribution in [0, 0.1) is 0 Å². The van der Waals surface area contributed by atoms with Gasteiger partial charge in [0.25, 0.3) is 0 Å². The summed E-state index contributed by atoms with van der Waals surface area (Å²) in [5.41, 5.74) is 1.25. The van der Waals surface area contributed by atoms with E-state index >= 15 is 0 Å². The zero-order valence-electron chi connectivity index (χ0n) is 8.35. The Bertz CT molecular complexity index is 425. The molecule has 2 rings (SSSR count). The van der Waals surface area contributed by atoms with Crippen LogP contribution in [0.15, 0.2) is 30.3 Å². The van der Waals surface area contributed by atoms with E-state index in [-0.39, 0.29) is 5.38 Å². The maximum absolute atomic E-state index is 5.93. The Labute approximate surface area is 97.9 Å². The molecule has 1 aromatic heterocycles. The first kappa shape index (κ1) is 10.6. The van der Waals surface area contributed by atoms with Crippen LogP contribution in [0.4, 0.5) is 0 Å². The van der Waals surface area contributed by atoms with Crippen LogP contribution in [0.1, 0.15) is 27.9 Å². The van der Waals surface area contributed by atoms with E-state index in [4.69, 9.17) is 11.6 Å². The molecule has 0 N–H and O–H groups in total. The predicted molar refractivity (Wildman–Crippen MR) is 63.4 cm³/mol. The highest BCUT2D eigenvalue weighted by Gasteiger charge is 2.09. The van der Waals surface area contributed by atoms with E-state index in [0.29, 0.717) is 0 Å². The second-order valence-corrected chi connectivity index (χ2v) is 5.06. The fraction of sp³-hybridized carbons (Fsp3) is 0.273. The Balaban J connectivity index is 2.12. The minimum atomic E-state index is -0.0491. The third-order valence-electron chi connectivity index (χ3n) is 2.02. The van der Waals surface area contributed by atoms with Crippen molar-refractivity contribution in [3.05, 3.63) is 45.9 Å². The number of rotatable bonds is 3. The van der Waals surface area contributed by atoms with Crippen molar-refractivity contribution in [3.8, 4) is 0 Å². The van der Waals surface area contributed by atoms with Crippen molar-refractivity contribution in [1.29, 1.82) is 0 Å². The van der Waals surface area contributed by atoms with Gasteiger partial charge in [0.2, 0.25) is 0 Å². The van der Waals surface area contributed by atoms with Crippen molar-refractivity contribution >= 4 is 22.9 Å². The molecule has 1 heterocycles. The zero-order valence-corrected chi connectivity index (χ0v) is 9.92. The molecule has 15 heavy (non-hydrogen) atoms. The molecule has 1 aromatic carbocycles. The summed E-state index contributed by atoms with van der Waals surface area (Å²) in [6.07, 6.45) is 0.835. The molecule has 2 aromatic rings. The molecule has 1 atom stereocenters. The van der Waals surface area contributed by atoms with Crippen LogP contribution in [-0.2, 0) is 6.42 Å². The lowest BCUT2D eigenvalue weighted by molar-refractivity contribution is 0.931. The summed E-state index contributed by atoms with van der Waals surface area (Å²) in [6, 6.07) is 10.2. The topological polar surface area (TPSA) is 25.8 Å². The highest BCUT2D eigenvalue weighted by Crippen LogP contribution is 2.24. The standard InChI is InChI=1S/C11H11ClN2S/c1-8(12)11-14-13-10(15-11)7-9-5-3-2-4-6-9/h2-6,8H,7H2,1H3. The molecular formula is C11H11ClN2S. The van der Waals surface area contributed by atoms with Gasteiger partial charge in [-0.2, -0.15) is 0 Å². The molecule has 0 saturated heterocycles. The molecule has 0 amide bonds. The highest BCUT2D eigenvalue weighted by atomic mass is 35.5. The molecule has 1 unspecified atom stereocenters. The number of hydrogen-bond acceptors (Lipinski definition) is 3. The van der Waals surface area contributed by atoms with Crippen LogP contribution < -0.4 is 0 Å². The summed E-state index contributed by atoms with van der Waals surface area (Å²) < 4.78 is 0. The van der Waals surface area contributed by atoms with Gasteiger partial charge in [0, 0.05) is 6.42 Å². The van der Waals surface area contributed by atoms with E-state index in [9.17, 15) is 0 Å². The Morgan fingerprint density at radius 2 is 2.00 bits per heavy atom. The van der Waals surface area contributed by atoms with Crippen LogP contribution in [0.25, 0.3) is 0 Å². The molecule has 0 aliphatic rings. The van der Waals surface area contributed by atoms with E-state index < -0.39 is 0 Å². The molecule has 0 bridgehead atoms. The molecule has 0 aliphatic carbocycles. The van der Waals surface area contributed by atoms with Gasteiger partial charge in [0.05, 0.1) is 5.38 Å². The minimum absolute atomic E-state index is 0.0491. The van der Waals surface area contributed by atoms with Crippen molar-refractivity contribution < 1.29 is 0 Å². The summed E-state index contributed by atoms with van der Waals surface area (Å²) in [6.45, 7) is 1.91. The number of alkyl halides is 1. The van der Waals surface area contributed by atoms with Crippen molar-refractivity contribution in [1.82, 2.24) is 10.2 Å². The summed E-state index contributed by atoms with van der Waals surface area (Å²) >= 11 is 7.51. The van der Waals surface area contributed by atoms with E-state index in [0.717, 1.165) is 16.4 Å². The summed E-state index contributed by atoms with van der Waals surface area (Å²) in [5.74, 6) is 0. The van der Waals surface area contributed by atoms with Crippen molar-refractivity contribution in [2.75, 3.05) is 0 Å². The number of halogens is 1. The number of benzene rings is 1. The molecule has 0 saturated carbocycles. The van der Waals surface area contributed by atoms with Crippen molar-refractivity contribution in [3.63, 3.8) is 0 Å². The maximum Gasteiger partial charge on any atom is 0.135 e. The molecule has 0 fully saturated rings. The second-order valence-electron chi connectivity index (χ2n) is 3.31. The number of hydrogen-bond donors (Lipinski definition) is 0. The number of nitrogens with zero attached hydrogens (tertiary/aromatic N) is 2. The second kappa shape index (κ2) is 4.73. The van der Waals surface area contributed by atoms with Crippen molar-refractivity contribution in [2.24, 2.45) is 0 Å². The third kappa shape index (κ3) is 2.76. The van der Waals surface area contributed by atoms with Crippen LogP contribution in [0.2, 0.25) is 0 Å². The quantitative estimate of drug-likeness (QED) is 0.766. The van der Waals surface area contributed by atoms with E-state index in [1.807, 2.05) is 25.1 Å². The van der Waals surface area contributed by atoms with Gasteiger partial charge in [-0.1, -0.05) is 41.7 Å². The molecular weight excluding hydrogens is 228 g/mol. The molecule has 0 radical (unpaired) electrons. The van der Waals surface area contributed by atoms with Gasteiger partial charge in [-0.05, 0) is 12.5 Å². The lowest BCUT2D eigenvalue weighted by Crippen LogP contribution is -1.86. The monoisotopic (exact) mass is 238 g/mol. The maximum atomic E-state index is 5.93. The molecule has 78 valence electrons. The Kier molecular flexibility index (Phi) is 3.34. The highest BCUT2D eigenvalue weighted by molar-refractivity contribution is 7.11. The van der Waals surface area contributed by atoms with Crippen LogP contribution in [-0.4, -0.2) is 10.2 Å². The van der Waals surface area contributed by atoms with Crippen LogP contribution in [0.3, 0.4) is 0 Å². The lowest BCUT2D eigenvalue weighted by Gasteiger charge is -1.95. The molecule has 2 nitrogen and oxygen atoms in total. The van der Waals surface area contributed by atoms with Crippen molar-refractivity contribution in [2.45, 2.75) is 18.7 Å². The fourth-order valence-corrected chi connectivity index (χ4v) is 2.25. The van der Waals surface area contributed by atoms with Gasteiger partial charge in [0.15, 0.2) is 0 Å². The average Bonchev–Trinajstić information content (AvgIpc) is 2.68. The van der Waals surface area contributed by atoms with Gasteiger partial charge in [0.1, 0.15) is 10.0 Å². The smallest absolute Gasteiger partial charge is 0.135 e. The largest absolute Gasteiger partial charge is 0.143 e. The third-order valence-corrected chi connectivity index (χ3v) is 3.46. The SMILES string of the molecule is CC(Cl)c1nnc(Cc2ccccc2)s1. The van der Waals surface area contributed by atoms with Gasteiger partial charge < -0.3 is 0 Å². The summed E-state index contributed by atoms with van der Waals surface area (Å²) in [7, 11) is 0. The fourth-order valence-electron chi connectivity index (χ4n) is 1.27. The predicted octanol–water partition coefficient (Wildman–Crippen LogP) is 3.43. The van der Waals surface area contributed by atoms with Crippen LogP contribution in [0.5, 0.6) is 0 Å². The van der Waals surface area contributed by atoms with E-state index in [1.54, 1.807) is 11.3 Å². The first-order valence-corrected chi connectivity index (χ1v) is 6.01. The normalized spacial score (nSPS) is 12.7. The van der Waals surface area contributed by atoms with E-state index in [2.05, 4.69) is 22.3 Å². The Morgan fingerprint density at radius 1 is 1.27 bits per heavy atom. The van der Waals surface area contributed by atoms with Gasteiger partial charge in [-0.15, -0.1) is 21.8 Å². The molecule has 0 aliphatic heterocycles. The summed E-state index contributed by atoms with van der Waals surface area (Å²) in [5, 5.41) is 10.0. The summed E-state index contributed by atoms with van der Waals surface area (Å²) in [4.78, 5) is 0. The number of aromatic nitrogens is 2. The first-order chi connectivity index (χ1) is 7.25.